The standard InChI is InChI=1S/C34H48N4O9/c1-18(4-11-28(39)40)22-7-8-23-21-6-5-19-16-20(12-14-33(19,2)24(21)13-15-34(22,23)3)47-32(43)26(17-29(41)42)36-25-9-10-27(38(45)46)30(35)31(25)37-44/h9-10,18-24,26,35-36,44H,4-8,11-17H2,1-3H3,(H,39,40)(H,41,42)/b35-30?,37-31-/t18-,19-,20?,21?,22?,23+,24+,26+,33?,34?/m1/s1. The maximum atomic E-state index is 13.4. The van der Waals surface area contributed by atoms with Crippen molar-refractivity contribution in [3.63, 3.8) is 0 Å². The second kappa shape index (κ2) is 13.4. The lowest BCUT2D eigenvalue weighted by atomic mass is 9.44. The molecule has 5 unspecified atom stereocenters. The number of carbonyl (C=O) groups excluding carboxylic acids is 1. The second-order valence-electron chi connectivity index (χ2n) is 15.1. The Balaban J connectivity index is 1.24. The number of fused-ring (bicyclic) bond motifs is 5. The largest absolute Gasteiger partial charge is 0.481 e. The number of carbonyl (C=O) groups is 3. The molecule has 0 saturated heterocycles. The first kappa shape index (κ1) is 34.6. The van der Waals surface area contributed by atoms with E-state index in [1.807, 2.05) is 0 Å². The average Bonchev–Trinajstić information content (AvgIpc) is 3.36. The number of allylic oxidation sites excluding steroid dienone is 4. The van der Waals surface area contributed by atoms with Crippen LogP contribution in [0, 0.1) is 61.9 Å². The quantitative estimate of drug-likeness (QED) is 0.0628. The minimum atomic E-state index is -1.36. The highest BCUT2D eigenvalue weighted by atomic mass is 16.6. The highest BCUT2D eigenvalue weighted by Crippen LogP contribution is 2.68. The van der Waals surface area contributed by atoms with Gasteiger partial charge in [0.25, 0.3) is 5.70 Å². The van der Waals surface area contributed by atoms with Gasteiger partial charge in [-0.2, -0.15) is 0 Å². The van der Waals surface area contributed by atoms with E-state index in [1.54, 1.807) is 0 Å². The Morgan fingerprint density at radius 2 is 1.77 bits per heavy atom. The molecule has 0 aliphatic heterocycles. The summed E-state index contributed by atoms with van der Waals surface area (Å²) in [5.74, 6) is 0.448. The molecule has 0 bridgehead atoms. The van der Waals surface area contributed by atoms with Crippen molar-refractivity contribution in [2.24, 2.45) is 51.5 Å². The molecule has 0 amide bonds. The molecule has 10 atom stereocenters. The van der Waals surface area contributed by atoms with E-state index in [0.717, 1.165) is 44.6 Å². The lowest BCUT2D eigenvalue weighted by Crippen LogP contribution is -2.54. The first-order chi connectivity index (χ1) is 22.2. The fourth-order valence-corrected chi connectivity index (χ4v) is 10.6. The van der Waals surface area contributed by atoms with Crippen LogP contribution in [-0.2, 0) is 19.1 Å². The maximum Gasteiger partial charge on any atom is 0.329 e. The summed E-state index contributed by atoms with van der Waals surface area (Å²) in [5.41, 5.74) is -1.46. The third-order valence-corrected chi connectivity index (χ3v) is 12.9. The number of nitrogens with one attached hydrogen (secondary N) is 2. The van der Waals surface area contributed by atoms with E-state index in [2.05, 4.69) is 31.2 Å². The van der Waals surface area contributed by atoms with Crippen LogP contribution >= 0.6 is 0 Å². The van der Waals surface area contributed by atoms with Crippen molar-refractivity contribution in [1.29, 1.82) is 5.41 Å². The molecule has 13 nitrogen and oxygen atoms in total. The van der Waals surface area contributed by atoms with Gasteiger partial charge in [0, 0.05) is 12.5 Å². The Labute approximate surface area is 274 Å². The number of nitrogens with zero attached hydrogens (tertiary/aromatic N) is 2. The minimum Gasteiger partial charge on any atom is -0.481 e. The molecule has 0 aromatic heterocycles. The predicted octanol–water partition coefficient (Wildman–Crippen LogP) is 5.40. The first-order valence-electron chi connectivity index (χ1n) is 17.0. The molecule has 0 heterocycles. The Morgan fingerprint density at radius 3 is 2.43 bits per heavy atom. The Kier molecular flexibility index (Phi) is 9.84. The normalized spacial score (nSPS) is 36.9. The lowest BCUT2D eigenvalue weighted by molar-refractivity contribution is -0.414. The van der Waals surface area contributed by atoms with Gasteiger partial charge in [-0.1, -0.05) is 25.9 Å². The maximum absolute atomic E-state index is 13.4. The number of hydrogen-bond donors (Lipinski definition) is 5. The van der Waals surface area contributed by atoms with E-state index in [1.165, 1.54) is 18.9 Å². The number of esters is 1. The molecule has 5 N–H and O–H groups in total. The summed E-state index contributed by atoms with van der Waals surface area (Å²) in [5, 5.41) is 53.1. The van der Waals surface area contributed by atoms with Gasteiger partial charge in [0.05, 0.1) is 17.0 Å². The van der Waals surface area contributed by atoms with Gasteiger partial charge in [-0.15, -0.1) is 0 Å². The molecule has 0 radical (unpaired) electrons. The van der Waals surface area contributed by atoms with Crippen molar-refractivity contribution in [3.8, 4) is 0 Å². The smallest absolute Gasteiger partial charge is 0.329 e. The van der Waals surface area contributed by atoms with Crippen LogP contribution in [0.4, 0.5) is 0 Å². The van der Waals surface area contributed by atoms with Gasteiger partial charge >= 0.3 is 17.9 Å². The molecule has 5 rings (SSSR count). The molecule has 13 heteroatoms. The van der Waals surface area contributed by atoms with Gasteiger partial charge in [-0.05, 0) is 117 Å². The lowest BCUT2D eigenvalue weighted by Gasteiger charge is -2.61. The number of ether oxygens (including phenoxy) is 1. The summed E-state index contributed by atoms with van der Waals surface area (Å²) in [6.07, 6.45) is 11.3. The van der Waals surface area contributed by atoms with E-state index in [4.69, 9.17) is 10.1 Å². The SMILES string of the molecule is C[C@H](CCC(=O)O)C1CC[C@H]2C3CC[C@@H]4CC(OC(=O)[C@H](CC(=O)O)NC5=CC=C([N+](=O)[O-])C(=N)/C5=N\O)CCC4(C)[C@H]3CCC12C. The second-order valence-corrected chi connectivity index (χ2v) is 15.1. The van der Waals surface area contributed by atoms with E-state index in [-0.39, 0.29) is 29.1 Å². The number of oxime groups is 1. The summed E-state index contributed by atoms with van der Waals surface area (Å²) in [4.78, 5) is 46.7. The molecule has 4 fully saturated rings. The third kappa shape index (κ3) is 6.54. The molecule has 5 aliphatic carbocycles. The van der Waals surface area contributed by atoms with E-state index in [9.17, 15) is 39.9 Å². The van der Waals surface area contributed by atoms with E-state index in [0.29, 0.717) is 48.3 Å². The van der Waals surface area contributed by atoms with Crippen LogP contribution in [0.25, 0.3) is 0 Å². The topological polar surface area (TPSA) is 213 Å². The van der Waals surface area contributed by atoms with Crippen LogP contribution in [0.15, 0.2) is 28.7 Å². The highest BCUT2D eigenvalue weighted by Gasteiger charge is 2.60. The first-order valence-corrected chi connectivity index (χ1v) is 17.0. The third-order valence-electron chi connectivity index (χ3n) is 12.9. The van der Waals surface area contributed by atoms with Gasteiger partial charge in [-0.25, -0.2) is 4.79 Å². The van der Waals surface area contributed by atoms with Crippen LogP contribution in [0.1, 0.15) is 97.8 Å². The number of hydrogen-bond acceptors (Lipinski definition) is 10. The molecular weight excluding hydrogens is 608 g/mol. The Bertz CT molecular complexity index is 1410. The summed E-state index contributed by atoms with van der Waals surface area (Å²) in [7, 11) is 0. The van der Waals surface area contributed by atoms with Crippen LogP contribution in [0.5, 0.6) is 0 Å². The molecule has 5 aliphatic rings. The molecule has 0 spiro atoms. The van der Waals surface area contributed by atoms with E-state index >= 15 is 0 Å². The fraction of sp³-hybridized carbons (Fsp3) is 0.735. The van der Waals surface area contributed by atoms with Crippen molar-refractivity contribution < 1.29 is 39.5 Å². The molecular formula is C34H48N4O9. The summed E-state index contributed by atoms with van der Waals surface area (Å²) in [6.45, 7) is 7.12. The van der Waals surface area contributed by atoms with Crippen LogP contribution in [0.2, 0.25) is 0 Å². The Hall–Kier alpha value is -3.77. The van der Waals surface area contributed by atoms with E-state index < -0.39 is 52.4 Å². The molecule has 0 aromatic carbocycles. The number of carboxylic acid groups (broad SMARTS) is 2. The summed E-state index contributed by atoms with van der Waals surface area (Å²) in [6, 6.07) is -1.36. The van der Waals surface area contributed by atoms with Crippen molar-refractivity contribution in [2.45, 2.75) is 110 Å². The van der Waals surface area contributed by atoms with Crippen LogP contribution < -0.4 is 5.32 Å². The molecule has 4 saturated carbocycles. The summed E-state index contributed by atoms with van der Waals surface area (Å²) >= 11 is 0. The Morgan fingerprint density at radius 1 is 1.06 bits per heavy atom. The minimum absolute atomic E-state index is 0.0874. The van der Waals surface area contributed by atoms with Crippen molar-refractivity contribution in [1.82, 2.24) is 5.32 Å². The van der Waals surface area contributed by atoms with Gasteiger partial charge in [0.15, 0.2) is 11.4 Å². The molecule has 258 valence electrons. The van der Waals surface area contributed by atoms with Crippen molar-refractivity contribution in [2.75, 3.05) is 0 Å². The zero-order valence-electron chi connectivity index (χ0n) is 27.4. The van der Waals surface area contributed by atoms with Gasteiger partial charge in [0.1, 0.15) is 12.1 Å². The summed E-state index contributed by atoms with van der Waals surface area (Å²) < 4.78 is 5.93. The zero-order valence-corrected chi connectivity index (χ0v) is 27.4. The molecule has 47 heavy (non-hydrogen) atoms. The number of aliphatic carboxylic acids is 2. The van der Waals surface area contributed by atoms with Gasteiger partial charge in [-0.3, -0.25) is 25.1 Å². The molecule has 0 aromatic rings. The number of carboxylic acids is 2. The number of rotatable bonds is 11. The van der Waals surface area contributed by atoms with Crippen molar-refractivity contribution >= 4 is 29.3 Å². The average molecular weight is 657 g/mol. The zero-order chi connectivity index (χ0) is 34.3. The van der Waals surface area contributed by atoms with Crippen LogP contribution in [-0.4, -0.2) is 61.8 Å². The fourth-order valence-electron chi connectivity index (χ4n) is 10.6. The van der Waals surface area contributed by atoms with Gasteiger partial charge < -0.3 is 25.5 Å². The van der Waals surface area contributed by atoms with Crippen LogP contribution in [0.3, 0.4) is 0 Å². The predicted molar refractivity (Wildman–Crippen MR) is 170 cm³/mol. The number of nitro groups is 1. The van der Waals surface area contributed by atoms with Gasteiger partial charge in [0.2, 0.25) is 0 Å². The van der Waals surface area contributed by atoms with Crippen molar-refractivity contribution in [3.05, 3.63) is 33.7 Å². The highest BCUT2D eigenvalue weighted by molar-refractivity contribution is 6.52. The monoisotopic (exact) mass is 656 g/mol.